The van der Waals surface area contributed by atoms with Gasteiger partial charge in [-0.15, -0.1) is 0 Å². The van der Waals surface area contributed by atoms with Gasteiger partial charge < -0.3 is 33.6 Å². The summed E-state index contributed by atoms with van der Waals surface area (Å²) in [5, 5.41) is 2.87. The molecule has 0 unspecified atom stereocenters. The number of nitrogens with zero attached hydrogens (tertiary/aromatic N) is 1. The lowest BCUT2D eigenvalue weighted by atomic mass is 9.94. The van der Waals surface area contributed by atoms with E-state index in [0.29, 0.717) is 23.2 Å². The van der Waals surface area contributed by atoms with Crippen molar-refractivity contribution in [3.05, 3.63) is 71.6 Å². The van der Waals surface area contributed by atoms with Crippen molar-refractivity contribution in [3.8, 4) is 0 Å². The molecule has 14 heteroatoms. The Balaban J connectivity index is 2.17. The first-order valence-corrected chi connectivity index (χ1v) is 23.4. The zero-order chi connectivity index (χ0) is 45.4. The molecule has 3 rings (SSSR count). The number of rotatable bonds is 15. The minimum Gasteiger partial charge on any atom is -0.455 e. The van der Waals surface area contributed by atoms with Gasteiger partial charge in [-0.25, -0.2) is 4.39 Å². The van der Waals surface area contributed by atoms with Gasteiger partial charge in [0.25, 0.3) is 0 Å². The predicted molar refractivity (Wildman–Crippen MR) is 231 cm³/mol. The quantitative estimate of drug-likeness (QED) is 0.0797. The van der Waals surface area contributed by atoms with Gasteiger partial charge in [0, 0.05) is 12.1 Å². The molecule has 2 amide bonds. The van der Waals surface area contributed by atoms with Crippen molar-refractivity contribution in [1.82, 2.24) is 4.90 Å². The van der Waals surface area contributed by atoms with Gasteiger partial charge in [-0.05, 0) is 110 Å². The fourth-order valence-electron chi connectivity index (χ4n) is 5.56. The molecule has 0 aromatic heterocycles. The largest absolute Gasteiger partial charge is 0.455 e. The molecule has 0 aliphatic carbocycles. The highest BCUT2D eigenvalue weighted by Gasteiger charge is 2.53. The highest BCUT2D eigenvalue weighted by molar-refractivity contribution is 6.74. The van der Waals surface area contributed by atoms with Crippen LogP contribution in [0.5, 0.6) is 0 Å². The van der Waals surface area contributed by atoms with Crippen LogP contribution >= 0.6 is 0 Å². The Morgan fingerprint density at radius 3 is 1.85 bits per heavy atom. The van der Waals surface area contributed by atoms with Gasteiger partial charge in [0.05, 0.1) is 29.5 Å². The third-order valence-electron chi connectivity index (χ3n) is 10.5. The van der Waals surface area contributed by atoms with Crippen molar-refractivity contribution in [2.24, 2.45) is 16.2 Å². The van der Waals surface area contributed by atoms with Gasteiger partial charge in [-0.3, -0.25) is 24.0 Å². The lowest BCUT2D eigenvalue weighted by Crippen LogP contribution is -2.65. The second-order valence-corrected chi connectivity index (χ2v) is 24.8. The van der Waals surface area contributed by atoms with Crippen molar-refractivity contribution in [1.29, 1.82) is 0 Å². The molecule has 5 atom stereocenters. The first kappa shape index (κ1) is 50.0. The smallest absolute Gasteiger partial charge is 0.311 e. The number of ether oxygens (including phenoxy) is 4. The molecule has 332 valence electrons. The molecule has 2 aromatic carbocycles. The maximum Gasteiger partial charge on any atom is 0.311 e. The van der Waals surface area contributed by atoms with Crippen LogP contribution in [0.3, 0.4) is 0 Å². The molecule has 2 aromatic rings. The van der Waals surface area contributed by atoms with Gasteiger partial charge in [0.1, 0.15) is 11.9 Å². The van der Waals surface area contributed by atoms with E-state index in [1.54, 1.807) is 105 Å². The van der Waals surface area contributed by atoms with E-state index in [1.165, 1.54) is 6.08 Å². The Morgan fingerprint density at radius 1 is 0.800 bits per heavy atom. The van der Waals surface area contributed by atoms with Crippen LogP contribution in [0.1, 0.15) is 107 Å². The number of nitrogens with one attached hydrogen (secondary N) is 1. The number of carbonyl (C=O) groups is 5. The van der Waals surface area contributed by atoms with Gasteiger partial charge >= 0.3 is 17.9 Å². The number of halogens is 1. The summed E-state index contributed by atoms with van der Waals surface area (Å²) in [6.07, 6.45) is -4.75. The maximum atomic E-state index is 15.7. The molecule has 1 aliphatic heterocycles. The molecule has 60 heavy (non-hydrogen) atoms. The van der Waals surface area contributed by atoms with E-state index in [2.05, 4.69) is 39.2 Å². The van der Waals surface area contributed by atoms with Crippen LogP contribution in [0.4, 0.5) is 10.1 Å². The molecule has 12 nitrogen and oxygen atoms in total. The number of para-hydroxylation sites is 1. The van der Waals surface area contributed by atoms with Crippen LogP contribution in [0.2, 0.25) is 18.1 Å². The molecule has 1 heterocycles. The first-order chi connectivity index (χ1) is 27.6. The Bertz CT molecular complexity index is 1840. The summed E-state index contributed by atoms with van der Waals surface area (Å²) >= 11 is 0. The normalized spacial score (nSPS) is 19.8. The van der Waals surface area contributed by atoms with Crippen LogP contribution in [0.25, 0.3) is 6.08 Å². The zero-order valence-electron chi connectivity index (χ0n) is 38.0. The molecule has 1 fully saturated rings. The monoisotopic (exact) mass is 854 g/mol. The fraction of sp³-hybridized carbons (Fsp3) is 0.587. The van der Waals surface area contributed by atoms with E-state index >= 15 is 4.39 Å². The Hall–Kier alpha value is -4.40. The van der Waals surface area contributed by atoms with E-state index in [-0.39, 0.29) is 24.5 Å². The molecule has 0 spiro atoms. The number of hydrogen-bond acceptors (Lipinski definition) is 10. The summed E-state index contributed by atoms with van der Waals surface area (Å²) < 4.78 is 46.4. The fourth-order valence-corrected chi connectivity index (χ4v) is 6.51. The third-order valence-corrected chi connectivity index (χ3v) is 15.0. The van der Waals surface area contributed by atoms with E-state index in [4.69, 9.17) is 23.4 Å². The van der Waals surface area contributed by atoms with E-state index in [9.17, 15) is 24.0 Å². The summed E-state index contributed by atoms with van der Waals surface area (Å²) in [6, 6.07) is 14.5. The topological polar surface area (TPSA) is 147 Å². The first-order valence-electron chi connectivity index (χ1n) is 20.5. The second kappa shape index (κ2) is 20.0. The van der Waals surface area contributed by atoms with Crippen LogP contribution in [-0.2, 0) is 54.0 Å². The molecule has 1 N–H and O–H groups in total. The van der Waals surface area contributed by atoms with Crippen molar-refractivity contribution in [2.75, 3.05) is 11.9 Å². The average molecular weight is 855 g/mol. The summed E-state index contributed by atoms with van der Waals surface area (Å²) in [5.41, 5.74) is -1.42. The lowest BCUT2D eigenvalue weighted by molar-refractivity contribution is -0.256. The Kier molecular flexibility index (Phi) is 16.6. The number of hydrogen-bond donors (Lipinski definition) is 1. The Morgan fingerprint density at radius 2 is 1.32 bits per heavy atom. The highest BCUT2D eigenvalue weighted by Crippen LogP contribution is 2.38. The summed E-state index contributed by atoms with van der Waals surface area (Å²) in [7, 11) is -2.21. The van der Waals surface area contributed by atoms with E-state index < -0.39 is 91.4 Å². The number of anilines is 1. The van der Waals surface area contributed by atoms with E-state index in [0.717, 1.165) is 4.90 Å². The summed E-state index contributed by atoms with van der Waals surface area (Å²) in [5.74, 6) is -3.35. The van der Waals surface area contributed by atoms with Gasteiger partial charge in [-0.2, -0.15) is 0 Å². The molecule has 1 aliphatic rings. The van der Waals surface area contributed by atoms with Crippen molar-refractivity contribution >= 4 is 50.3 Å². The van der Waals surface area contributed by atoms with Crippen LogP contribution in [0, 0.1) is 16.2 Å². The molecule has 1 saturated heterocycles. The van der Waals surface area contributed by atoms with Gasteiger partial charge in [0.15, 0.2) is 32.9 Å². The molecule has 0 saturated carbocycles. The van der Waals surface area contributed by atoms with Gasteiger partial charge in [0.2, 0.25) is 12.3 Å². The number of allylic oxidation sites excluding steroid dienone is 1. The predicted octanol–water partition coefficient (Wildman–Crippen LogP) is 8.99. The Labute approximate surface area is 357 Å². The van der Waals surface area contributed by atoms with Crippen molar-refractivity contribution < 1.29 is 51.7 Å². The number of esters is 3. The van der Waals surface area contributed by atoms with Gasteiger partial charge in [-0.1, -0.05) is 69.3 Å². The van der Waals surface area contributed by atoms with Crippen LogP contribution in [0.15, 0.2) is 60.4 Å². The summed E-state index contributed by atoms with van der Waals surface area (Å²) in [4.78, 5) is 69.6. The SMILES string of the molecule is CC(C)(C)C(=O)O[C@H]1[C@H](OC(=O)C(C)(C)C)[C@@H](N(C=O)[C@@H](CC/C(F)=C\c2ccccc2)C(=O)Nc2ccccc2CO[Si](C)(C)C(C)(C)C)OC[C@H]1OC(=O)C(C)(C)C. The number of benzene rings is 2. The number of carbonyl (C=O) groups excluding carboxylic acids is 5. The molecular weight excluding hydrogens is 788 g/mol. The maximum absolute atomic E-state index is 15.7. The third kappa shape index (κ3) is 13.8. The zero-order valence-corrected chi connectivity index (χ0v) is 39.0. The van der Waals surface area contributed by atoms with Crippen molar-refractivity contribution in [2.45, 2.75) is 151 Å². The number of amides is 2. The van der Waals surface area contributed by atoms with Crippen LogP contribution < -0.4 is 5.32 Å². The van der Waals surface area contributed by atoms with E-state index in [1.807, 2.05) is 12.1 Å². The van der Waals surface area contributed by atoms with Crippen LogP contribution in [-0.4, -0.2) is 80.6 Å². The highest BCUT2D eigenvalue weighted by atomic mass is 28.4. The molecule has 0 bridgehead atoms. The minimum atomic E-state index is -2.21. The average Bonchev–Trinajstić information content (AvgIpc) is 3.13. The minimum absolute atomic E-state index is 0.0752. The lowest BCUT2D eigenvalue weighted by Gasteiger charge is -2.46. The second-order valence-electron chi connectivity index (χ2n) is 20.0. The molecule has 0 radical (unpaired) electrons. The van der Waals surface area contributed by atoms with Crippen molar-refractivity contribution in [3.63, 3.8) is 0 Å². The standard InChI is InChI=1S/C46H67FN2O10Si/c1-43(2,3)40(52)57-35-28-55-39(37(59-42(54)45(7,8)9)36(35)58-41(53)44(4,5)6)49(29-50)34(25-24-32(47)26-30-20-16-15-17-21-30)38(51)48-33-23-19-18-22-31(33)27-56-60(13,14)46(10,11)12/h15-23,26,29,34-37,39H,24-25,27-28H2,1-14H3,(H,48,51)/b32-26+/t34-,35+,36+,37-,39-/m0/s1. The molecular formula is C46H67FN2O10Si. The summed E-state index contributed by atoms with van der Waals surface area (Å²) in [6.45, 7) is 25.1.